The predicted octanol–water partition coefficient (Wildman–Crippen LogP) is 3.46. The molecule has 2 aromatic carbocycles. The van der Waals surface area contributed by atoms with Crippen molar-refractivity contribution < 1.29 is 27.5 Å². The molecule has 27 heavy (non-hydrogen) atoms. The van der Waals surface area contributed by atoms with E-state index in [-0.39, 0.29) is 11.8 Å². The fourth-order valence-electron chi connectivity index (χ4n) is 3.24. The number of alkyl halides is 3. The molecule has 1 heterocycles. The van der Waals surface area contributed by atoms with E-state index in [1.165, 1.54) is 19.1 Å². The van der Waals surface area contributed by atoms with Crippen LogP contribution in [0.3, 0.4) is 0 Å². The summed E-state index contributed by atoms with van der Waals surface area (Å²) in [7, 11) is 0. The molecule has 1 N–H and O–H groups in total. The van der Waals surface area contributed by atoms with E-state index in [1.54, 1.807) is 0 Å². The Morgan fingerprint density at radius 1 is 1.11 bits per heavy atom. The van der Waals surface area contributed by atoms with Gasteiger partial charge in [0.05, 0.1) is 11.6 Å². The molecule has 1 aliphatic heterocycles. The molecular weight excluding hydrogens is 359 g/mol. The minimum atomic E-state index is -4.39. The van der Waals surface area contributed by atoms with Crippen molar-refractivity contribution in [3.63, 3.8) is 0 Å². The van der Waals surface area contributed by atoms with Crippen LogP contribution >= 0.6 is 0 Å². The van der Waals surface area contributed by atoms with Gasteiger partial charge in [-0.05, 0) is 29.7 Å². The average Bonchev–Trinajstić information content (AvgIpc) is 2.63. The van der Waals surface area contributed by atoms with Gasteiger partial charge in [0.2, 0.25) is 6.10 Å². The third-order valence-electron chi connectivity index (χ3n) is 4.58. The summed E-state index contributed by atoms with van der Waals surface area (Å²) >= 11 is 0. The van der Waals surface area contributed by atoms with Gasteiger partial charge >= 0.3 is 12.1 Å². The second kappa shape index (κ2) is 7.42. The van der Waals surface area contributed by atoms with E-state index in [0.29, 0.717) is 12.0 Å². The molecule has 0 aliphatic carbocycles. The zero-order valence-corrected chi connectivity index (χ0v) is 14.5. The van der Waals surface area contributed by atoms with Gasteiger partial charge in [0.15, 0.2) is 0 Å². The van der Waals surface area contributed by atoms with E-state index in [1.807, 2.05) is 30.3 Å². The molecular formula is C20H18F3NO3. The number of halogens is 3. The number of β-lactam (4-membered cyclic amide) rings is 1. The first-order chi connectivity index (χ1) is 12.8. The summed E-state index contributed by atoms with van der Waals surface area (Å²) in [6.07, 6.45) is -4.90. The Balaban J connectivity index is 1.85. The summed E-state index contributed by atoms with van der Waals surface area (Å²) in [5, 5.41) is 2.76. The Morgan fingerprint density at radius 2 is 1.74 bits per heavy atom. The Kier molecular flexibility index (Phi) is 5.21. The maximum absolute atomic E-state index is 12.8. The number of carbonyl (C=O) groups excluding carboxylic acids is 2. The first-order valence-corrected chi connectivity index (χ1v) is 8.44. The molecule has 0 bridgehead atoms. The van der Waals surface area contributed by atoms with Crippen LogP contribution in [0.25, 0.3) is 0 Å². The molecule has 4 nitrogen and oxygen atoms in total. The third kappa shape index (κ3) is 4.30. The Labute approximate surface area is 154 Å². The van der Waals surface area contributed by atoms with E-state index < -0.39 is 29.9 Å². The molecule has 1 aliphatic rings. The third-order valence-corrected chi connectivity index (χ3v) is 4.58. The lowest BCUT2D eigenvalue weighted by molar-refractivity contribution is -0.165. The maximum Gasteiger partial charge on any atom is 0.416 e. The molecule has 0 aromatic heterocycles. The topological polar surface area (TPSA) is 55.4 Å². The molecule has 2 aromatic rings. The zero-order valence-electron chi connectivity index (χ0n) is 14.5. The Morgan fingerprint density at radius 3 is 2.26 bits per heavy atom. The van der Waals surface area contributed by atoms with Crippen LogP contribution in [0.1, 0.15) is 29.5 Å². The molecule has 1 saturated heterocycles. The second-order valence-corrected chi connectivity index (χ2v) is 6.48. The van der Waals surface area contributed by atoms with Crippen molar-refractivity contribution in [1.82, 2.24) is 5.32 Å². The van der Waals surface area contributed by atoms with Gasteiger partial charge in [0.1, 0.15) is 0 Å². The Hall–Kier alpha value is -2.83. The maximum atomic E-state index is 12.8. The number of esters is 1. The van der Waals surface area contributed by atoms with Gasteiger partial charge < -0.3 is 10.1 Å². The highest BCUT2D eigenvalue weighted by Gasteiger charge is 2.46. The number of benzene rings is 2. The molecule has 0 radical (unpaired) electrons. The lowest BCUT2D eigenvalue weighted by atomic mass is 9.79. The van der Waals surface area contributed by atoms with Crippen LogP contribution in [0.15, 0.2) is 54.6 Å². The highest BCUT2D eigenvalue weighted by molar-refractivity contribution is 5.90. The first-order valence-electron chi connectivity index (χ1n) is 8.44. The van der Waals surface area contributed by atoms with Gasteiger partial charge in [-0.3, -0.25) is 9.59 Å². The number of hydrogen-bond donors (Lipinski definition) is 1. The largest absolute Gasteiger partial charge is 0.450 e. The first kappa shape index (κ1) is 18.9. The number of hydrogen-bond acceptors (Lipinski definition) is 3. The fourth-order valence-corrected chi connectivity index (χ4v) is 3.24. The van der Waals surface area contributed by atoms with E-state index in [0.717, 1.165) is 17.7 Å². The van der Waals surface area contributed by atoms with Crippen molar-refractivity contribution in [3.05, 3.63) is 71.3 Å². The van der Waals surface area contributed by atoms with Crippen molar-refractivity contribution in [2.24, 2.45) is 0 Å². The number of carbonyl (C=O) groups is 2. The molecule has 142 valence electrons. The summed E-state index contributed by atoms with van der Waals surface area (Å²) in [5.74, 6) is -1.17. The standard InChI is InChI=1S/C20H18F3NO3/c1-12(25)27-18-17(24-19(18)26)16(14-5-3-2-4-6-14)11-13-7-9-15(10-8-13)20(21,22)23/h2-10,16-18H,11H2,1H3,(H,24,26). The monoisotopic (exact) mass is 377 g/mol. The lowest BCUT2D eigenvalue weighted by Gasteiger charge is -2.41. The van der Waals surface area contributed by atoms with Crippen LogP contribution < -0.4 is 5.32 Å². The van der Waals surface area contributed by atoms with Gasteiger partial charge in [-0.2, -0.15) is 13.2 Å². The minimum Gasteiger partial charge on any atom is -0.450 e. The highest BCUT2D eigenvalue weighted by Crippen LogP contribution is 2.33. The van der Waals surface area contributed by atoms with Crippen LogP contribution in [0.5, 0.6) is 0 Å². The second-order valence-electron chi connectivity index (χ2n) is 6.48. The van der Waals surface area contributed by atoms with Crippen molar-refractivity contribution in [2.45, 2.75) is 37.6 Å². The van der Waals surface area contributed by atoms with Gasteiger partial charge in [-0.25, -0.2) is 0 Å². The quantitative estimate of drug-likeness (QED) is 0.641. The molecule has 0 spiro atoms. The van der Waals surface area contributed by atoms with Crippen molar-refractivity contribution in [2.75, 3.05) is 0 Å². The fraction of sp³-hybridized carbons (Fsp3) is 0.300. The summed E-state index contributed by atoms with van der Waals surface area (Å²) in [4.78, 5) is 23.1. The molecule has 3 unspecified atom stereocenters. The number of ether oxygens (including phenoxy) is 1. The smallest absolute Gasteiger partial charge is 0.416 e. The van der Waals surface area contributed by atoms with Crippen LogP contribution in [0.4, 0.5) is 13.2 Å². The molecule has 3 rings (SSSR count). The van der Waals surface area contributed by atoms with Gasteiger partial charge in [0.25, 0.3) is 5.91 Å². The summed E-state index contributed by atoms with van der Waals surface area (Å²) in [5.41, 5.74) is 0.886. The van der Waals surface area contributed by atoms with E-state index in [4.69, 9.17) is 4.74 Å². The summed E-state index contributed by atoms with van der Waals surface area (Å²) in [6, 6.07) is 13.8. The normalized spacial score (nSPS) is 20.4. The summed E-state index contributed by atoms with van der Waals surface area (Å²) < 4.78 is 43.4. The molecule has 1 fully saturated rings. The molecule has 7 heteroatoms. The number of nitrogens with one attached hydrogen (secondary N) is 1. The van der Waals surface area contributed by atoms with E-state index >= 15 is 0 Å². The van der Waals surface area contributed by atoms with Gasteiger partial charge in [0, 0.05) is 12.8 Å². The predicted molar refractivity (Wildman–Crippen MR) is 91.8 cm³/mol. The van der Waals surface area contributed by atoms with Gasteiger partial charge in [-0.1, -0.05) is 42.5 Å². The van der Waals surface area contributed by atoms with Crippen LogP contribution in [-0.4, -0.2) is 24.0 Å². The molecule has 0 saturated carbocycles. The minimum absolute atomic E-state index is 0.245. The van der Waals surface area contributed by atoms with Crippen molar-refractivity contribution >= 4 is 11.9 Å². The average molecular weight is 377 g/mol. The Bertz CT molecular complexity index is 819. The van der Waals surface area contributed by atoms with Crippen LogP contribution in [0.2, 0.25) is 0 Å². The number of amides is 1. The van der Waals surface area contributed by atoms with Gasteiger partial charge in [-0.15, -0.1) is 0 Å². The number of rotatable bonds is 5. The van der Waals surface area contributed by atoms with Crippen LogP contribution in [-0.2, 0) is 26.9 Å². The SMILES string of the molecule is CC(=O)OC1C(=O)NC1C(Cc1ccc(C(F)(F)F)cc1)c1ccccc1. The molecule has 1 amide bonds. The van der Waals surface area contributed by atoms with E-state index in [2.05, 4.69) is 5.32 Å². The zero-order chi connectivity index (χ0) is 19.6. The molecule has 3 atom stereocenters. The summed E-state index contributed by atoms with van der Waals surface area (Å²) in [6.45, 7) is 1.23. The highest BCUT2D eigenvalue weighted by atomic mass is 19.4. The van der Waals surface area contributed by atoms with Crippen molar-refractivity contribution in [3.8, 4) is 0 Å². The van der Waals surface area contributed by atoms with E-state index in [9.17, 15) is 22.8 Å². The van der Waals surface area contributed by atoms with Crippen LogP contribution in [0, 0.1) is 0 Å². The lowest BCUT2D eigenvalue weighted by Crippen LogP contribution is -2.66. The van der Waals surface area contributed by atoms with Crippen molar-refractivity contribution in [1.29, 1.82) is 0 Å².